The average molecular weight is 330 g/mol. The Hall–Kier alpha value is -0.350. The van der Waals surface area contributed by atoms with E-state index in [1.807, 2.05) is 13.8 Å². The molecular weight excluding hydrogens is 310 g/mol. The number of fused-ring (bicyclic) bond motifs is 1. The van der Waals surface area contributed by atoms with E-state index in [1.54, 1.807) is 11.3 Å². The zero-order valence-corrected chi connectivity index (χ0v) is 13.6. The van der Waals surface area contributed by atoms with Crippen molar-refractivity contribution in [2.24, 2.45) is 0 Å². The van der Waals surface area contributed by atoms with Crippen LogP contribution in [0, 0.1) is 0 Å². The van der Waals surface area contributed by atoms with Gasteiger partial charge < -0.3 is 5.32 Å². The van der Waals surface area contributed by atoms with Gasteiger partial charge in [0.05, 0.1) is 4.88 Å². The van der Waals surface area contributed by atoms with Crippen LogP contribution in [0.1, 0.15) is 53.7 Å². The molecule has 1 amide bonds. The first-order valence-corrected chi connectivity index (χ1v) is 8.21. The second-order valence-corrected chi connectivity index (χ2v) is 8.07. The lowest BCUT2D eigenvalue weighted by atomic mass is 9.99. The maximum atomic E-state index is 12.3. The smallest absolute Gasteiger partial charge is 0.261 e. The molecule has 0 radical (unpaired) electrons. The van der Waals surface area contributed by atoms with Gasteiger partial charge in [0.25, 0.3) is 5.91 Å². The van der Waals surface area contributed by atoms with E-state index in [1.165, 1.54) is 23.3 Å². The first kappa shape index (κ1) is 14.1. The van der Waals surface area contributed by atoms with Crippen LogP contribution in [0.5, 0.6) is 0 Å². The van der Waals surface area contributed by atoms with Gasteiger partial charge in [-0.3, -0.25) is 4.79 Å². The largest absolute Gasteiger partial charge is 0.345 e. The van der Waals surface area contributed by atoms with Crippen LogP contribution in [-0.2, 0) is 12.8 Å². The average Bonchev–Trinajstić information content (AvgIpc) is 2.71. The number of hydrogen-bond donors (Lipinski definition) is 1. The van der Waals surface area contributed by atoms with E-state index >= 15 is 0 Å². The van der Waals surface area contributed by atoms with E-state index in [-0.39, 0.29) is 16.3 Å². The van der Waals surface area contributed by atoms with E-state index < -0.39 is 0 Å². The highest BCUT2D eigenvalue weighted by Crippen LogP contribution is 2.30. The summed E-state index contributed by atoms with van der Waals surface area (Å²) < 4.78 is 0. The molecule has 0 saturated heterocycles. The Morgan fingerprint density at radius 2 is 2.11 bits per heavy atom. The van der Waals surface area contributed by atoms with Gasteiger partial charge >= 0.3 is 0 Å². The Morgan fingerprint density at radius 1 is 1.44 bits per heavy atom. The van der Waals surface area contributed by atoms with Gasteiger partial charge in [0, 0.05) is 15.2 Å². The molecule has 4 heteroatoms. The van der Waals surface area contributed by atoms with E-state index in [0.29, 0.717) is 0 Å². The summed E-state index contributed by atoms with van der Waals surface area (Å²) in [7, 11) is 0. The number of alkyl halides is 1. The molecule has 18 heavy (non-hydrogen) atoms. The van der Waals surface area contributed by atoms with Crippen molar-refractivity contribution in [1.29, 1.82) is 0 Å². The third-order valence-electron chi connectivity index (χ3n) is 3.65. The summed E-state index contributed by atoms with van der Waals surface area (Å²) in [5, 5.41) is 3.11. The third kappa shape index (κ3) is 2.97. The molecule has 0 aliphatic heterocycles. The zero-order valence-electron chi connectivity index (χ0n) is 11.2. The fourth-order valence-electron chi connectivity index (χ4n) is 2.06. The second-order valence-electron chi connectivity index (χ2n) is 5.56. The Balaban J connectivity index is 2.12. The lowest BCUT2D eigenvalue weighted by Gasteiger charge is -2.28. The van der Waals surface area contributed by atoms with Crippen LogP contribution in [0.2, 0.25) is 0 Å². The molecule has 1 aliphatic rings. The lowest BCUT2D eigenvalue weighted by molar-refractivity contribution is 0.0918. The molecule has 0 fully saturated rings. The van der Waals surface area contributed by atoms with Crippen LogP contribution in [0.15, 0.2) is 6.07 Å². The van der Waals surface area contributed by atoms with Gasteiger partial charge in [-0.05, 0) is 51.2 Å². The quantitative estimate of drug-likeness (QED) is 0.836. The molecule has 1 aromatic heterocycles. The molecule has 1 unspecified atom stereocenters. The molecule has 1 aromatic rings. The first-order valence-electron chi connectivity index (χ1n) is 6.48. The standard InChI is InChI=1S/C14H20BrNOS/c1-9(15)14(2,3)16-13(17)12-8-10-6-4-5-7-11(10)18-12/h8-9H,4-7H2,1-3H3,(H,16,17). The number of rotatable bonds is 3. The minimum Gasteiger partial charge on any atom is -0.345 e. The number of halogens is 1. The molecule has 0 saturated carbocycles. The predicted molar refractivity (Wildman–Crippen MR) is 80.9 cm³/mol. The van der Waals surface area contributed by atoms with Crippen LogP contribution < -0.4 is 5.32 Å². The molecule has 1 atom stereocenters. The Kier molecular flexibility index (Phi) is 4.17. The summed E-state index contributed by atoms with van der Waals surface area (Å²) >= 11 is 5.21. The van der Waals surface area contributed by atoms with Crippen molar-refractivity contribution in [2.45, 2.75) is 56.8 Å². The minimum absolute atomic E-state index is 0.0608. The summed E-state index contributed by atoms with van der Waals surface area (Å²) in [5.41, 5.74) is 1.16. The minimum atomic E-state index is -0.235. The maximum Gasteiger partial charge on any atom is 0.261 e. The number of thiophene rings is 1. The number of aryl methyl sites for hydroxylation is 2. The van der Waals surface area contributed by atoms with Gasteiger partial charge in [-0.15, -0.1) is 11.3 Å². The summed E-state index contributed by atoms with van der Waals surface area (Å²) in [6, 6.07) is 2.09. The molecule has 2 nitrogen and oxygen atoms in total. The fraction of sp³-hybridized carbons (Fsp3) is 0.643. The second kappa shape index (κ2) is 5.33. The van der Waals surface area contributed by atoms with Crippen molar-refractivity contribution < 1.29 is 4.79 Å². The SMILES string of the molecule is CC(Br)C(C)(C)NC(=O)c1cc2c(s1)CCCC2. The van der Waals surface area contributed by atoms with Gasteiger partial charge in [-0.25, -0.2) is 0 Å². The van der Waals surface area contributed by atoms with E-state index in [4.69, 9.17) is 0 Å². The summed E-state index contributed by atoms with van der Waals surface area (Å²) in [6.45, 7) is 6.13. The van der Waals surface area contributed by atoms with Crippen LogP contribution in [-0.4, -0.2) is 16.3 Å². The summed E-state index contributed by atoms with van der Waals surface area (Å²) in [4.78, 5) is 14.8. The van der Waals surface area contributed by atoms with E-state index in [9.17, 15) is 4.79 Å². The highest BCUT2D eigenvalue weighted by molar-refractivity contribution is 9.09. The highest BCUT2D eigenvalue weighted by atomic mass is 79.9. The van der Waals surface area contributed by atoms with Crippen molar-refractivity contribution in [2.75, 3.05) is 0 Å². The number of hydrogen-bond acceptors (Lipinski definition) is 2. The van der Waals surface area contributed by atoms with Crippen molar-refractivity contribution >= 4 is 33.2 Å². The fourth-order valence-corrected chi connectivity index (χ4v) is 3.32. The topological polar surface area (TPSA) is 29.1 Å². The van der Waals surface area contributed by atoms with E-state index in [0.717, 1.165) is 17.7 Å². The van der Waals surface area contributed by atoms with Crippen molar-refractivity contribution in [3.05, 3.63) is 21.4 Å². The molecule has 0 bridgehead atoms. The van der Waals surface area contributed by atoms with Crippen LogP contribution in [0.25, 0.3) is 0 Å². The normalized spacial score (nSPS) is 17.1. The summed E-state index contributed by atoms with van der Waals surface area (Å²) in [5.74, 6) is 0.0608. The Morgan fingerprint density at radius 3 is 2.72 bits per heavy atom. The molecule has 0 spiro atoms. The number of carbonyl (C=O) groups excluding carboxylic acids is 1. The Labute approximate surface area is 121 Å². The van der Waals surface area contributed by atoms with Gasteiger partial charge in [0.1, 0.15) is 0 Å². The molecule has 1 heterocycles. The molecule has 2 rings (SSSR count). The molecular formula is C14H20BrNOS. The van der Waals surface area contributed by atoms with Gasteiger partial charge in [-0.1, -0.05) is 22.9 Å². The van der Waals surface area contributed by atoms with Crippen LogP contribution >= 0.6 is 27.3 Å². The first-order chi connectivity index (χ1) is 8.40. The number of amides is 1. The lowest BCUT2D eigenvalue weighted by Crippen LogP contribution is -2.48. The number of nitrogens with one attached hydrogen (secondary N) is 1. The van der Waals surface area contributed by atoms with Crippen molar-refractivity contribution in [3.8, 4) is 0 Å². The predicted octanol–water partition coefficient (Wildman–Crippen LogP) is 3.92. The molecule has 0 aromatic carbocycles. The van der Waals surface area contributed by atoms with Crippen molar-refractivity contribution in [3.63, 3.8) is 0 Å². The summed E-state index contributed by atoms with van der Waals surface area (Å²) in [6.07, 6.45) is 4.80. The molecule has 1 N–H and O–H groups in total. The maximum absolute atomic E-state index is 12.3. The van der Waals surface area contributed by atoms with E-state index in [2.05, 4.69) is 34.2 Å². The number of carbonyl (C=O) groups is 1. The van der Waals surface area contributed by atoms with Crippen molar-refractivity contribution in [1.82, 2.24) is 5.32 Å². The molecule has 100 valence electrons. The highest BCUT2D eigenvalue weighted by Gasteiger charge is 2.27. The van der Waals surface area contributed by atoms with Gasteiger partial charge in [0.2, 0.25) is 0 Å². The van der Waals surface area contributed by atoms with Gasteiger partial charge in [0.15, 0.2) is 0 Å². The van der Waals surface area contributed by atoms with Crippen LogP contribution in [0.4, 0.5) is 0 Å². The van der Waals surface area contributed by atoms with Gasteiger partial charge in [-0.2, -0.15) is 0 Å². The third-order valence-corrected chi connectivity index (χ3v) is 6.03. The zero-order chi connectivity index (χ0) is 13.3. The Bertz CT molecular complexity index is 427. The van der Waals surface area contributed by atoms with Crippen LogP contribution in [0.3, 0.4) is 0 Å². The molecule has 1 aliphatic carbocycles. The monoisotopic (exact) mass is 329 g/mol.